The van der Waals surface area contributed by atoms with E-state index in [0.29, 0.717) is 0 Å². The predicted molar refractivity (Wildman–Crippen MR) is 69.7 cm³/mol. The van der Waals surface area contributed by atoms with Crippen molar-refractivity contribution in [3.8, 4) is 0 Å². The summed E-state index contributed by atoms with van der Waals surface area (Å²) >= 11 is 1.58. The van der Waals surface area contributed by atoms with E-state index in [0.717, 1.165) is 4.90 Å². The molecule has 1 amide bonds. The molecule has 1 atom stereocenters. The van der Waals surface area contributed by atoms with Gasteiger partial charge in [0, 0.05) is 10.4 Å². The number of benzene rings is 1. The molecule has 1 unspecified atom stereocenters. The van der Waals surface area contributed by atoms with Crippen molar-refractivity contribution in [2.45, 2.75) is 43.4 Å². The van der Waals surface area contributed by atoms with Crippen LogP contribution in [0.4, 0.5) is 0 Å². The van der Waals surface area contributed by atoms with Gasteiger partial charge >= 0.3 is 0 Å². The van der Waals surface area contributed by atoms with Crippen molar-refractivity contribution >= 4 is 17.7 Å². The fourth-order valence-corrected chi connectivity index (χ4v) is 2.12. The molecule has 88 valence electrons. The Morgan fingerprint density at radius 1 is 1.25 bits per heavy atom. The number of hydrogen-bond acceptors (Lipinski definition) is 2. The predicted octanol–water partition coefficient (Wildman–Crippen LogP) is 3.08. The second-order valence-electron chi connectivity index (χ2n) is 4.81. The molecule has 2 nitrogen and oxygen atoms in total. The first-order chi connectivity index (χ1) is 7.38. The summed E-state index contributed by atoms with van der Waals surface area (Å²) in [6, 6.07) is 9.98. The van der Waals surface area contributed by atoms with E-state index >= 15 is 0 Å². The quantitative estimate of drug-likeness (QED) is 0.819. The van der Waals surface area contributed by atoms with Crippen molar-refractivity contribution in [2.24, 2.45) is 0 Å². The van der Waals surface area contributed by atoms with Gasteiger partial charge in [-0.15, -0.1) is 11.8 Å². The Kier molecular flexibility index (Phi) is 4.42. The summed E-state index contributed by atoms with van der Waals surface area (Å²) in [5.74, 6) is 0.0846. The summed E-state index contributed by atoms with van der Waals surface area (Å²) in [6.45, 7) is 7.90. The number of nitrogens with one attached hydrogen (secondary N) is 1. The third-order valence-corrected chi connectivity index (χ3v) is 3.04. The highest BCUT2D eigenvalue weighted by atomic mass is 32.2. The number of carbonyl (C=O) groups is 1. The molecule has 0 bridgehead atoms. The van der Waals surface area contributed by atoms with Gasteiger partial charge in [-0.3, -0.25) is 4.79 Å². The Balaban J connectivity index is 2.53. The van der Waals surface area contributed by atoms with E-state index in [4.69, 9.17) is 0 Å². The molecule has 0 aromatic heterocycles. The summed E-state index contributed by atoms with van der Waals surface area (Å²) in [6.07, 6.45) is 0. The molecule has 0 radical (unpaired) electrons. The Morgan fingerprint density at radius 2 is 1.81 bits per heavy atom. The highest BCUT2D eigenvalue weighted by molar-refractivity contribution is 8.00. The Labute approximate surface area is 102 Å². The SMILES string of the molecule is CC(Sc1ccccc1)C(=O)NC(C)(C)C. The smallest absolute Gasteiger partial charge is 0.233 e. The topological polar surface area (TPSA) is 29.1 Å². The molecule has 1 aromatic rings. The van der Waals surface area contributed by atoms with Crippen molar-refractivity contribution < 1.29 is 4.79 Å². The summed E-state index contributed by atoms with van der Waals surface area (Å²) < 4.78 is 0. The van der Waals surface area contributed by atoms with Crippen LogP contribution in [0.5, 0.6) is 0 Å². The lowest BCUT2D eigenvalue weighted by Gasteiger charge is -2.23. The van der Waals surface area contributed by atoms with E-state index in [1.54, 1.807) is 11.8 Å². The monoisotopic (exact) mass is 237 g/mol. The summed E-state index contributed by atoms with van der Waals surface area (Å²) in [4.78, 5) is 13.0. The summed E-state index contributed by atoms with van der Waals surface area (Å²) in [5, 5.41) is 2.91. The third-order valence-electron chi connectivity index (χ3n) is 1.92. The molecule has 0 heterocycles. The molecule has 3 heteroatoms. The van der Waals surface area contributed by atoms with E-state index in [2.05, 4.69) is 5.32 Å². The second-order valence-corrected chi connectivity index (χ2v) is 6.23. The standard InChI is InChI=1S/C13H19NOS/c1-10(12(15)14-13(2,3)4)16-11-8-6-5-7-9-11/h5-10H,1-4H3,(H,14,15). The van der Waals surface area contributed by atoms with Gasteiger partial charge in [0.05, 0.1) is 5.25 Å². The van der Waals surface area contributed by atoms with Gasteiger partial charge in [-0.25, -0.2) is 0 Å². The molecule has 0 saturated carbocycles. The molecule has 0 aliphatic heterocycles. The second kappa shape index (κ2) is 5.39. The van der Waals surface area contributed by atoms with E-state index < -0.39 is 0 Å². The lowest BCUT2D eigenvalue weighted by atomic mass is 10.1. The molecule has 0 spiro atoms. The molecular weight excluding hydrogens is 218 g/mol. The largest absolute Gasteiger partial charge is 0.351 e. The number of hydrogen-bond donors (Lipinski definition) is 1. The minimum absolute atomic E-state index is 0.0679. The van der Waals surface area contributed by atoms with Crippen LogP contribution in [0.3, 0.4) is 0 Å². The average Bonchev–Trinajstić information content (AvgIpc) is 2.16. The van der Waals surface area contributed by atoms with Crippen molar-refractivity contribution in [1.82, 2.24) is 5.32 Å². The number of rotatable bonds is 3. The van der Waals surface area contributed by atoms with Gasteiger partial charge in [0.15, 0.2) is 0 Å². The Bertz CT molecular complexity index is 343. The maximum absolute atomic E-state index is 11.8. The first kappa shape index (κ1) is 13.1. The minimum atomic E-state index is -0.164. The fourth-order valence-electron chi connectivity index (χ4n) is 1.23. The van der Waals surface area contributed by atoms with Gasteiger partial charge in [-0.05, 0) is 39.8 Å². The van der Waals surface area contributed by atoms with Crippen LogP contribution in [0, 0.1) is 0 Å². The number of carbonyl (C=O) groups excluding carboxylic acids is 1. The maximum Gasteiger partial charge on any atom is 0.233 e. The molecule has 1 N–H and O–H groups in total. The van der Waals surface area contributed by atoms with Crippen molar-refractivity contribution in [1.29, 1.82) is 0 Å². The van der Waals surface area contributed by atoms with Gasteiger partial charge in [-0.2, -0.15) is 0 Å². The van der Waals surface area contributed by atoms with Gasteiger partial charge in [0.2, 0.25) is 5.91 Å². The van der Waals surface area contributed by atoms with Crippen LogP contribution in [-0.4, -0.2) is 16.7 Å². The molecule has 16 heavy (non-hydrogen) atoms. The molecule has 0 aliphatic carbocycles. The van der Waals surface area contributed by atoms with Crippen LogP contribution >= 0.6 is 11.8 Å². The normalized spacial score (nSPS) is 13.2. The van der Waals surface area contributed by atoms with Crippen LogP contribution in [0.2, 0.25) is 0 Å². The van der Waals surface area contributed by atoms with Gasteiger partial charge in [0.25, 0.3) is 0 Å². The minimum Gasteiger partial charge on any atom is -0.351 e. The maximum atomic E-state index is 11.8. The third kappa shape index (κ3) is 4.71. The lowest BCUT2D eigenvalue weighted by molar-refractivity contribution is -0.121. The van der Waals surface area contributed by atoms with E-state index in [1.807, 2.05) is 58.0 Å². The van der Waals surface area contributed by atoms with Crippen LogP contribution in [0.25, 0.3) is 0 Å². The summed E-state index contributed by atoms with van der Waals surface area (Å²) in [5.41, 5.74) is -0.164. The zero-order valence-electron chi connectivity index (χ0n) is 10.3. The van der Waals surface area contributed by atoms with Gasteiger partial charge in [0.1, 0.15) is 0 Å². The zero-order valence-corrected chi connectivity index (χ0v) is 11.1. The average molecular weight is 237 g/mol. The van der Waals surface area contributed by atoms with Crippen LogP contribution in [-0.2, 0) is 4.79 Å². The summed E-state index contributed by atoms with van der Waals surface area (Å²) in [7, 11) is 0. The van der Waals surface area contributed by atoms with Crippen molar-refractivity contribution in [3.63, 3.8) is 0 Å². The zero-order chi connectivity index (χ0) is 12.2. The molecule has 0 fully saturated rings. The molecule has 1 rings (SSSR count). The Morgan fingerprint density at radius 3 is 2.31 bits per heavy atom. The van der Waals surface area contributed by atoms with Gasteiger partial charge in [-0.1, -0.05) is 18.2 Å². The first-order valence-corrected chi connectivity index (χ1v) is 6.30. The number of thioether (sulfide) groups is 1. The fraction of sp³-hybridized carbons (Fsp3) is 0.462. The number of amides is 1. The van der Waals surface area contributed by atoms with E-state index in [-0.39, 0.29) is 16.7 Å². The van der Waals surface area contributed by atoms with Crippen molar-refractivity contribution in [3.05, 3.63) is 30.3 Å². The highest BCUT2D eigenvalue weighted by Crippen LogP contribution is 2.23. The molecular formula is C13H19NOS. The van der Waals surface area contributed by atoms with E-state index in [1.165, 1.54) is 0 Å². The first-order valence-electron chi connectivity index (χ1n) is 5.42. The Hall–Kier alpha value is -0.960. The highest BCUT2D eigenvalue weighted by Gasteiger charge is 2.19. The van der Waals surface area contributed by atoms with Crippen LogP contribution in [0.15, 0.2) is 35.2 Å². The molecule has 0 saturated heterocycles. The molecule has 0 aliphatic rings. The van der Waals surface area contributed by atoms with Gasteiger partial charge < -0.3 is 5.32 Å². The van der Waals surface area contributed by atoms with Crippen LogP contribution < -0.4 is 5.32 Å². The lowest BCUT2D eigenvalue weighted by Crippen LogP contribution is -2.44. The van der Waals surface area contributed by atoms with Crippen molar-refractivity contribution in [2.75, 3.05) is 0 Å². The van der Waals surface area contributed by atoms with Crippen LogP contribution in [0.1, 0.15) is 27.7 Å². The molecule has 1 aromatic carbocycles. The van der Waals surface area contributed by atoms with E-state index in [9.17, 15) is 4.79 Å².